The molecule has 0 saturated carbocycles. The zero-order valence-electron chi connectivity index (χ0n) is 23.2. The zero-order chi connectivity index (χ0) is 28.9. The first-order valence-corrected chi connectivity index (χ1v) is 14.7. The van der Waals surface area contributed by atoms with Crippen molar-refractivity contribution in [1.82, 2.24) is 19.3 Å². The largest absolute Gasteiger partial charge is 0.308 e. The third-order valence-electron chi connectivity index (χ3n) is 7.13. The van der Waals surface area contributed by atoms with Gasteiger partial charge >= 0.3 is 0 Å². The van der Waals surface area contributed by atoms with E-state index in [1.807, 2.05) is 69.8 Å². The minimum absolute atomic E-state index is 0.0417. The number of benzene rings is 2. The average molecular weight is 588 g/mol. The van der Waals surface area contributed by atoms with E-state index < -0.39 is 0 Å². The Labute approximate surface area is 248 Å². The maximum absolute atomic E-state index is 13.3. The Bertz CT molecular complexity index is 1760. The van der Waals surface area contributed by atoms with Gasteiger partial charge < -0.3 is 9.13 Å². The molecular formula is C33H32Cl2N4O2. The number of rotatable bonds is 10. The molecule has 210 valence electrons. The first-order chi connectivity index (χ1) is 19.9. The highest BCUT2D eigenvalue weighted by Gasteiger charge is 2.10. The van der Waals surface area contributed by atoms with Crippen LogP contribution in [0, 0.1) is 0 Å². The van der Waals surface area contributed by atoms with Gasteiger partial charge in [0, 0.05) is 45.0 Å². The van der Waals surface area contributed by atoms with Crippen molar-refractivity contribution < 1.29 is 0 Å². The monoisotopic (exact) mass is 586 g/mol. The van der Waals surface area contributed by atoms with Gasteiger partial charge in [-0.3, -0.25) is 14.7 Å². The van der Waals surface area contributed by atoms with E-state index in [-0.39, 0.29) is 11.1 Å². The molecule has 0 atom stereocenters. The van der Waals surface area contributed by atoms with Crippen LogP contribution in [0.2, 0.25) is 10.0 Å². The molecule has 0 radical (unpaired) electrons. The van der Waals surface area contributed by atoms with E-state index in [2.05, 4.69) is 24.0 Å². The number of aromatic nitrogens is 4. The lowest BCUT2D eigenvalue weighted by atomic mass is 10.1. The van der Waals surface area contributed by atoms with Crippen LogP contribution in [0.5, 0.6) is 0 Å². The van der Waals surface area contributed by atoms with Gasteiger partial charge in [-0.05, 0) is 91.7 Å². The molecule has 5 rings (SSSR count). The minimum Gasteiger partial charge on any atom is -0.308 e. The number of pyridine rings is 2. The Morgan fingerprint density at radius 2 is 1.22 bits per heavy atom. The Kier molecular flexibility index (Phi) is 8.91. The molecule has 0 spiro atoms. The molecule has 0 aliphatic rings. The van der Waals surface area contributed by atoms with Crippen molar-refractivity contribution >= 4 is 69.3 Å². The van der Waals surface area contributed by atoms with Crippen molar-refractivity contribution in [2.75, 3.05) is 0 Å². The van der Waals surface area contributed by atoms with Crippen molar-refractivity contribution in [1.29, 1.82) is 0 Å². The van der Waals surface area contributed by atoms with Crippen LogP contribution in [0.1, 0.15) is 62.0 Å². The summed E-state index contributed by atoms with van der Waals surface area (Å²) in [5.74, 6) is 0. The highest BCUT2D eigenvalue weighted by Crippen LogP contribution is 2.22. The molecule has 3 aromatic heterocycles. The van der Waals surface area contributed by atoms with Crippen LogP contribution in [-0.4, -0.2) is 19.3 Å². The molecule has 5 aromatic rings. The van der Waals surface area contributed by atoms with Gasteiger partial charge in [0.2, 0.25) is 0 Å². The number of aryl methyl sites for hydroxylation is 2. The van der Waals surface area contributed by atoms with E-state index in [0.29, 0.717) is 40.0 Å². The molecule has 0 aliphatic heterocycles. The highest BCUT2D eigenvalue weighted by molar-refractivity contribution is 6.31. The fourth-order valence-electron chi connectivity index (χ4n) is 4.96. The molecule has 2 aromatic carbocycles. The van der Waals surface area contributed by atoms with Gasteiger partial charge in [0.15, 0.2) is 0 Å². The third-order valence-corrected chi connectivity index (χ3v) is 7.60. The molecule has 0 saturated heterocycles. The first kappa shape index (κ1) is 28.7. The second kappa shape index (κ2) is 12.8. The summed E-state index contributed by atoms with van der Waals surface area (Å²) in [7, 11) is 0. The Hall–Kier alpha value is -3.87. The van der Waals surface area contributed by atoms with E-state index in [0.717, 1.165) is 53.2 Å². The molecular weight excluding hydrogens is 555 g/mol. The molecule has 0 unspecified atom stereocenters. The van der Waals surface area contributed by atoms with Gasteiger partial charge in [-0.25, -0.2) is 0 Å². The number of nitrogens with zero attached hydrogens (tertiary/aromatic N) is 3. The van der Waals surface area contributed by atoms with E-state index in [4.69, 9.17) is 23.2 Å². The number of hydrogen-bond donors (Lipinski definition) is 1. The second-order valence-electron chi connectivity index (χ2n) is 10.1. The predicted octanol–water partition coefficient (Wildman–Crippen LogP) is 8.29. The SMILES string of the molecule is CCCCn1c(=O)c(/C=C/c2cc(/C=C/c3cc4cc(Cl)ccc4n(CCCC)c3=O)[nH]n2)cc2cc(Cl)ccc21. The predicted molar refractivity (Wildman–Crippen MR) is 173 cm³/mol. The Balaban J connectivity index is 1.43. The van der Waals surface area contributed by atoms with Gasteiger partial charge in [0.25, 0.3) is 11.1 Å². The summed E-state index contributed by atoms with van der Waals surface area (Å²) in [6.07, 6.45) is 11.0. The Morgan fingerprint density at radius 3 is 1.73 bits per heavy atom. The van der Waals surface area contributed by atoms with Crippen LogP contribution in [0.25, 0.3) is 46.1 Å². The number of nitrogens with one attached hydrogen (secondary N) is 1. The zero-order valence-corrected chi connectivity index (χ0v) is 24.7. The Morgan fingerprint density at radius 1 is 0.707 bits per heavy atom. The van der Waals surface area contributed by atoms with E-state index >= 15 is 0 Å². The summed E-state index contributed by atoms with van der Waals surface area (Å²) in [4.78, 5) is 26.6. The first-order valence-electron chi connectivity index (χ1n) is 14.0. The molecule has 0 fully saturated rings. The molecule has 0 aliphatic carbocycles. The van der Waals surface area contributed by atoms with E-state index in [1.165, 1.54) is 0 Å². The summed E-state index contributed by atoms with van der Waals surface area (Å²) in [5, 5.41) is 10.5. The average Bonchev–Trinajstić information content (AvgIpc) is 3.42. The molecule has 0 bridgehead atoms. The van der Waals surface area contributed by atoms with Crippen molar-refractivity contribution in [2.45, 2.75) is 52.6 Å². The molecule has 8 heteroatoms. The van der Waals surface area contributed by atoms with Crippen molar-refractivity contribution in [3.8, 4) is 0 Å². The van der Waals surface area contributed by atoms with Crippen molar-refractivity contribution in [2.24, 2.45) is 0 Å². The number of hydrogen-bond acceptors (Lipinski definition) is 3. The van der Waals surface area contributed by atoms with Gasteiger partial charge in [0.05, 0.1) is 22.4 Å². The minimum atomic E-state index is -0.0454. The summed E-state index contributed by atoms with van der Waals surface area (Å²) in [6.45, 7) is 5.51. The van der Waals surface area contributed by atoms with E-state index in [1.54, 1.807) is 18.2 Å². The van der Waals surface area contributed by atoms with Crippen LogP contribution in [0.15, 0.2) is 64.2 Å². The lowest BCUT2D eigenvalue weighted by Gasteiger charge is -2.11. The quantitative estimate of drug-likeness (QED) is 0.179. The smallest absolute Gasteiger partial charge is 0.258 e. The van der Waals surface area contributed by atoms with Crippen LogP contribution in [0.4, 0.5) is 0 Å². The third kappa shape index (κ3) is 6.39. The van der Waals surface area contributed by atoms with Crippen molar-refractivity contribution in [3.05, 3.63) is 108 Å². The maximum Gasteiger partial charge on any atom is 0.258 e. The summed E-state index contributed by atoms with van der Waals surface area (Å²) >= 11 is 12.5. The van der Waals surface area contributed by atoms with Crippen LogP contribution in [-0.2, 0) is 13.1 Å². The molecule has 1 N–H and O–H groups in total. The maximum atomic E-state index is 13.3. The van der Waals surface area contributed by atoms with Crippen molar-refractivity contribution in [3.63, 3.8) is 0 Å². The number of fused-ring (bicyclic) bond motifs is 2. The fourth-order valence-corrected chi connectivity index (χ4v) is 5.32. The van der Waals surface area contributed by atoms with Gasteiger partial charge in [-0.1, -0.05) is 49.9 Å². The second-order valence-corrected chi connectivity index (χ2v) is 11.0. The number of unbranched alkanes of at least 4 members (excludes halogenated alkanes) is 2. The normalized spacial score (nSPS) is 12.0. The summed E-state index contributed by atoms with van der Waals surface area (Å²) in [6, 6.07) is 16.8. The fraction of sp³-hybridized carbons (Fsp3) is 0.242. The van der Waals surface area contributed by atoms with Gasteiger partial charge in [-0.15, -0.1) is 0 Å². The summed E-state index contributed by atoms with van der Waals surface area (Å²) < 4.78 is 3.64. The molecule has 3 heterocycles. The van der Waals surface area contributed by atoms with Gasteiger partial charge in [-0.2, -0.15) is 5.10 Å². The highest BCUT2D eigenvalue weighted by atomic mass is 35.5. The lowest BCUT2D eigenvalue weighted by Crippen LogP contribution is -2.22. The standard InChI is InChI=1S/C33H32Cl2N4O2/c1-3-5-15-38-30-13-9-26(34)19-24(30)17-22(32(38)40)7-11-28-21-29(37-36-28)12-8-23-18-25-20-27(35)10-14-31(25)39(33(23)41)16-6-4-2/h7-14,17-21H,3-6,15-16H2,1-2H3,(H,36,37)/b11-7+,12-8+. The van der Waals surface area contributed by atoms with Gasteiger partial charge in [0.1, 0.15) is 0 Å². The number of aromatic amines is 1. The van der Waals surface area contributed by atoms with E-state index in [9.17, 15) is 9.59 Å². The van der Waals surface area contributed by atoms with Crippen LogP contribution in [0.3, 0.4) is 0 Å². The molecule has 0 amide bonds. The van der Waals surface area contributed by atoms with Crippen LogP contribution < -0.4 is 11.1 Å². The number of halogens is 2. The summed E-state index contributed by atoms with van der Waals surface area (Å²) in [5.41, 5.74) is 4.21. The van der Waals surface area contributed by atoms with Crippen LogP contribution >= 0.6 is 23.2 Å². The molecule has 41 heavy (non-hydrogen) atoms. The number of H-pyrrole nitrogens is 1. The lowest BCUT2D eigenvalue weighted by molar-refractivity contribution is 0.631. The topological polar surface area (TPSA) is 72.7 Å². The molecule has 6 nitrogen and oxygen atoms in total.